The van der Waals surface area contributed by atoms with Crippen molar-refractivity contribution in [1.29, 1.82) is 0 Å². The van der Waals surface area contributed by atoms with E-state index in [0.717, 1.165) is 66.7 Å². The van der Waals surface area contributed by atoms with E-state index in [9.17, 15) is 0 Å². The number of aromatic nitrogens is 3. The molecule has 3 heterocycles. The number of rotatable bonds is 8. The van der Waals surface area contributed by atoms with Gasteiger partial charge in [0.1, 0.15) is 5.58 Å². The van der Waals surface area contributed by atoms with E-state index in [0.29, 0.717) is 5.56 Å². The number of fused-ring (bicyclic) bond motifs is 4. The van der Waals surface area contributed by atoms with Gasteiger partial charge in [0, 0.05) is 41.5 Å². The average molecular weight is 1040 g/mol. The molecule has 0 atom stereocenters. The van der Waals surface area contributed by atoms with Gasteiger partial charge in [0.25, 0.3) is 0 Å². The number of benzene rings is 8. The first-order valence-corrected chi connectivity index (χ1v) is 22.2. The molecule has 11 aromatic rings. The molecule has 8 aromatic carbocycles. The summed E-state index contributed by atoms with van der Waals surface area (Å²) in [5.41, 5.74) is 17.3. The average Bonchev–Trinajstić information content (AvgIpc) is 3.95. The molecule has 11 rings (SSSR count). The van der Waals surface area contributed by atoms with E-state index >= 15 is 0 Å². The molecule has 3 aromatic heterocycles. The summed E-state index contributed by atoms with van der Waals surface area (Å²) in [6.45, 7) is 7.10. The van der Waals surface area contributed by atoms with Crippen molar-refractivity contribution >= 4 is 33.0 Å². The Morgan fingerprint density at radius 3 is 1.83 bits per heavy atom. The molecular weight excluding hydrogens is 983 g/mol. The third-order valence-corrected chi connectivity index (χ3v) is 12.0. The van der Waals surface area contributed by atoms with Gasteiger partial charge in [-0.15, -0.1) is 53.6 Å². The number of hydrogen-bond donors (Lipinski definition) is 0. The first-order valence-electron chi connectivity index (χ1n) is 23.7. The molecule has 0 aliphatic heterocycles. The van der Waals surface area contributed by atoms with Crippen LogP contribution in [-0.4, -0.2) is 14.5 Å². The number of imidazole rings is 1. The van der Waals surface area contributed by atoms with Gasteiger partial charge >= 0.3 is 0 Å². The second-order valence-corrected chi connectivity index (χ2v) is 17.0. The number of hydrogen-bond acceptors (Lipinski definition) is 3. The Morgan fingerprint density at radius 1 is 0.576 bits per heavy atom. The van der Waals surface area contributed by atoms with E-state index in [2.05, 4.69) is 189 Å². The van der Waals surface area contributed by atoms with Gasteiger partial charge in [0.2, 0.25) is 0 Å². The molecule has 0 aliphatic rings. The van der Waals surface area contributed by atoms with Gasteiger partial charge in [-0.3, -0.25) is 4.98 Å². The third kappa shape index (κ3) is 8.68. The Balaban J connectivity index is 0.000000296. The maximum Gasteiger partial charge on any atom is 0.121 e. The second-order valence-electron chi connectivity index (χ2n) is 17.0. The van der Waals surface area contributed by atoms with Crippen molar-refractivity contribution in [1.82, 2.24) is 14.5 Å². The summed E-state index contributed by atoms with van der Waals surface area (Å²) < 4.78 is 30.9. The molecule has 0 amide bonds. The van der Waals surface area contributed by atoms with Crippen LogP contribution in [0.5, 0.6) is 0 Å². The molecule has 1 radical (unpaired) electrons. The number of furan rings is 1. The molecule has 0 saturated heterocycles. The summed E-state index contributed by atoms with van der Waals surface area (Å²) in [7, 11) is 0. The third-order valence-electron chi connectivity index (χ3n) is 12.0. The molecule has 0 fully saturated rings. The fourth-order valence-electron chi connectivity index (χ4n) is 8.72. The first kappa shape index (κ1) is 40.3. The van der Waals surface area contributed by atoms with Crippen molar-refractivity contribution in [2.75, 3.05) is 0 Å². The van der Waals surface area contributed by atoms with Gasteiger partial charge in [-0.2, -0.15) is 0 Å². The molecule has 0 spiro atoms. The summed E-state index contributed by atoms with van der Waals surface area (Å²) in [6, 6.07) is 70.8. The normalized spacial score (nSPS) is 12.1. The first-order chi connectivity index (χ1) is 33.0. The van der Waals surface area contributed by atoms with Crippen LogP contribution in [0.15, 0.2) is 199 Å². The zero-order valence-electron chi connectivity index (χ0n) is 40.2. The monoisotopic (exact) mass is 1040 g/mol. The summed E-state index contributed by atoms with van der Waals surface area (Å²) in [5, 5.41) is 2.14. The molecule has 0 N–H and O–H groups in total. The van der Waals surface area contributed by atoms with Crippen LogP contribution < -0.4 is 0 Å². The summed E-state index contributed by atoms with van der Waals surface area (Å²) in [5.74, 6) is 1.35. The fraction of sp³-hybridized carbons (Fsp3) is 0.115. The standard InChI is InChI=1S/C49H39N2O.C12H10N.Ir/c1-31(2)42-28-38(36-24-22-35(23-25-36)33-14-7-5-8-15-33)29-43(32(3)4)47(42)51-45-21-12-11-20-44(45)50-49(51)41-19-13-18-40-39-27-26-37(30-46(39)52-48(40)41)34-16-9-6-10-17-34;1-10-5-7-11(8-6-10)12-4-2-3-9-13-12;/h5-18,20-32H,1-4H3;2-7,9H,1H3;/q2*-1;/i;1D3;. The Bertz CT molecular complexity index is 3500. The molecule has 0 saturated carbocycles. The van der Waals surface area contributed by atoms with E-state index < -0.39 is 6.85 Å². The minimum atomic E-state index is -2.07. The van der Waals surface area contributed by atoms with Gasteiger partial charge in [-0.25, -0.2) is 0 Å². The van der Waals surface area contributed by atoms with Crippen molar-refractivity contribution in [2.24, 2.45) is 0 Å². The molecular formula is C61H49IrN3O-2. The number of pyridine rings is 1. The van der Waals surface area contributed by atoms with E-state index in [1.807, 2.05) is 30.3 Å². The van der Waals surface area contributed by atoms with E-state index in [1.54, 1.807) is 18.3 Å². The van der Waals surface area contributed by atoms with Crippen molar-refractivity contribution in [3.05, 3.63) is 223 Å². The Kier molecular flexibility index (Phi) is 11.7. The molecule has 325 valence electrons. The van der Waals surface area contributed by atoms with E-state index in [1.165, 1.54) is 45.1 Å². The minimum absolute atomic E-state index is 0. The summed E-state index contributed by atoms with van der Waals surface area (Å²) in [6.07, 6.45) is 1.70. The minimum Gasteiger partial charge on any atom is -0.501 e. The van der Waals surface area contributed by atoms with Gasteiger partial charge < -0.3 is 14.0 Å². The van der Waals surface area contributed by atoms with Gasteiger partial charge in [0.05, 0.1) is 22.4 Å². The Labute approximate surface area is 405 Å². The molecule has 0 unspecified atom stereocenters. The van der Waals surface area contributed by atoms with E-state index in [4.69, 9.17) is 13.5 Å². The van der Waals surface area contributed by atoms with Crippen LogP contribution in [0.3, 0.4) is 0 Å². The van der Waals surface area contributed by atoms with Crippen molar-refractivity contribution < 1.29 is 28.6 Å². The molecule has 4 nitrogen and oxygen atoms in total. The SMILES string of the molecule is CC(C)c1cc(-c2ccc(-c3ccccc3)cc2)cc(C(C)C)c1-n1c(-c2[c-]ccc3c2oc2cc(-c4ccccc4)ccc23)nc2ccccc21.[2H]C([2H])([2H])c1c[c-]c(-c2ccccn2)cc1.[Ir]. The predicted molar refractivity (Wildman–Crippen MR) is 270 cm³/mol. The fourth-order valence-corrected chi connectivity index (χ4v) is 8.72. The predicted octanol–water partition coefficient (Wildman–Crippen LogP) is 16.5. The van der Waals surface area contributed by atoms with Crippen LogP contribution in [0, 0.1) is 19.0 Å². The summed E-state index contributed by atoms with van der Waals surface area (Å²) >= 11 is 0. The van der Waals surface area contributed by atoms with Crippen LogP contribution in [-0.2, 0) is 20.1 Å². The van der Waals surface area contributed by atoms with Gasteiger partial charge in [0.15, 0.2) is 0 Å². The maximum atomic E-state index is 7.25. The zero-order chi connectivity index (χ0) is 46.9. The van der Waals surface area contributed by atoms with Crippen molar-refractivity contribution in [2.45, 2.75) is 46.4 Å². The van der Waals surface area contributed by atoms with Crippen LogP contribution in [0.2, 0.25) is 0 Å². The van der Waals surface area contributed by atoms with E-state index in [-0.39, 0.29) is 31.9 Å². The topological polar surface area (TPSA) is 43.9 Å². The van der Waals surface area contributed by atoms with Crippen LogP contribution in [0.4, 0.5) is 0 Å². The van der Waals surface area contributed by atoms with Gasteiger partial charge in [-0.05, 0) is 98.4 Å². The quantitative estimate of drug-likeness (QED) is 0.142. The van der Waals surface area contributed by atoms with Gasteiger partial charge in [-0.1, -0.05) is 167 Å². The molecule has 0 bridgehead atoms. The molecule has 0 aliphatic carbocycles. The van der Waals surface area contributed by atoms with Crippen molar-refractivity contribution in [3.63, 3.8) is 0 Å². The molecule has 66 heavy (non-hydrogen) atoms. The van der Waals surface area contributed by atoms with Crippen LogP contribution in [0.1, 0.15) is 60.3 Å². The largest absolute Gasteiger partial charge is 0.501 e. The number of para-hydroxylation sites is 2. The zero-order valence-corrected chi connectivity index (χ0v) is 39.6. The Morgan fingerprint density at radius 2 is 1.20 bits per heavy atom. The number of nitrogens with zero attached hydrogens (tertiary/aromatic N) is 3. The smallest absolute Gasteiger partial charge is 0.121 e. The second kappa shape index (κ2) is 19.1. The van der Waals surface area contributed by atoms with Crippen molar-refractivity contribution in [3.8, 4) is 61.7 Å². The maximum absolute atomic E-state index is 7.25. The van der Waals surface area contributed by atoms with Crippen LogP contribution >= 0.6 is 0 Å². The van der Waals surface area contributed by atoms with Crippen LogP contribution in [0.25, 0.3) is 94.7 Å². The number of aryl methyl sites for hydroxylation is 1. The summed E-state index contributed by atoms with van der Waals surface area (Å²) in [4.78, 5) is 9.51. The Hall–Kier alpha value is -7.17. The molecule has 5 heteroatoms.